The van der Waals surface area contributed by atoms with E-state index in [1.54, 1.807) is 13.3 Å². The first-order chi connectivity index (χ1) is 8.69. The highest BCUT2D eigenvalue weighted by Gasteiger charge is 2.25. The fraction of sp³-hybridized carbons (Fsp3) is 0.250. The summed E-state index contributed by atoms with van der Waals surface area (Å²) in [5, 5.41) is 11.0. The second-order valence-corrected chi connectivity index (χ2v) is 5.00. The van der Waals surface area contributed by atoms with Gasteiger partial charge in [0.25, 0.3) is 0 Å². The van der Waals surface area contributed by atoms with Gasteiger partial charge in [0.05, 0.1) is 18.6 Å². The number of nitrogens with zero attached hydrogens (tertiary/aromatic N) is 2. The van der Waals surface area contributed by atoms with Crippen LogP contribution in [0.4, 0.5) is 0 Å². The number of amidine groups is 1. The average Bonchev–Trinajstić information content (AvgIpc) is 2.69. The standard InChI is InChI=1S/C12H13N3O2S/c1-8-11(16)14-12(18-8)15-13-7-9-3-5-10(17-2)6-4-9/h3-8H,1-2H3,(H,14,15,16)/t8-/m0/s1. The van der Waals surface area contributed by atoms with Crippen LogP contribution in [0.3, 0.4) is 0 Å². The summed E-state index contributed by atoms with van der Waals surface area (Å²) in [5.41, 5.74) is 0.919. The minimum atomic E-state index is -0.0973. The van der Waals surface area contributed by atoms with Crippen LogP contribution in [-0.2, 0) is 4.79 Å². The quantitative estimate of drug-likeness (QED) is 0.666. The van der Waals surface area contributed by atoms with Crippen molar-refractivity contribution in [3.8, 4) is 5.75 Å². The Morgan fingerprint density at radius 1 is 1.39 bits per heavy atom. The number of ether oxygens (including phenoxy) is 1. The van der Waals surface area contributed by atoms with E-state index in [9.17, 15) is 4.79 Å². The number of methoxy groups -OCH3 is 1. The number of rotatable bonds is 3. The number of carbonyl (C=O) groups is 1. The molecule has 94 valence electrons. The predicted octanol–water partition coefficient (Wildman–Crippen LogP) is 1.64. The van der Waals surface area contributed by atoms with Gasteiger partial charge in [-0.3, -0.25) is 4.79 Å². The van der Waals surface area contributed by atoms with Crippen molar-refractivity contribution in [3.63, 3.8) is 0 Å². The maximum Gasteiger partial charge on any atom is 0.239 e. The molecule has 1 aromatic rings. The molecule has 0 aromatic heterocycles. The van der Waals surface area contributed by atoms with Crippen molar-refractivity contribution in [1.82, 2.24) is 5.32 Å². The van der Waals surface area contributed by atoms with Crippen molar-refractivity contribution >= 4 is 29.1 Å². The van der Waals surface area contributed by atoms with Crippen LogP contribution in [0.15, 0.2) is 34.5 Å². The van der Waals surface area contributed by atoms with Crippen LogP contribution < -0.4 is 10.1 Å². The first-order valence-corrected chi connectivity index (χ1v) is 6.29. The first-order valence-electron chi connectivity index (χ1n) is 5.41. The van der Waals surface area contributed by atoms with Gasteiger partial charge >= 0.3 is 0 Å². The SMILES string of the molecule is COc1ccc(C=N/N=C2\NC(=O)[C@H](C)S2)cc1. The average molecular weight is 263 g/mol. The summed E-state index contributed by atoms with van der Waals surface area (Å²) in [6.45, 7) is 1.83. The van der Waals surface area contributed by atoms with Crippen molar-refractivity contribution < 1.29 is 9.53 Å². The molecule has 0 radical (unpaired) electrons. The van der Waals surface area contributed by atoms with Crippen molar-refractivity contribution in [2.24, 2.45) is 10.2 Å². The molecule has 1 saturated heterocycles. The molecule has 6 heteroatoms. The topological polar surface area (TPSA) is 63.1 Å². The summed E-state index contributed by atoms with van der Waals surface area (Å²) in [7, 11) is 1.62. The zero-order valence-electron chi connectivity index (χ0n) is 10.1. The lowest BCUT2D eigenvalue weighted by atomic mass is 10.2. The van der Waals surface area contributed by atoms with Gasteiger partial charge in [0, 0.05) is 0 Å². The highest BCUT2D eigenvalue weighted by molar-refractivity contribution is 8.15. The normalized spacial score (nSPS) is 21.6. The Bertz CT molecular complexity index is 497. The second-order valence-electron chi connectivity index (χ2n) is 3.67. The molecule has 0 unspecified atom stereocenters. The molecule has 18 heavy (non-hydrogen) atoms. The van der Waals surface area contributed by atoms with Gasteiger partial charge in [-0.15, -0.1) is 5.10 Å². The molecule has 0 saturated carbocycles. The van der Waals surface area contributed by atoms with E-state index in [0.29, 0.717) is 5.17 Å². The molecule has 1 aliphatic rings. The fourth-order valence-electron chi connectivity index (χ4n) is 1.34. The Morgan fingerprint density at radius 2 is 2.11 bits per heavy atom. The Hall–Kier alpha value is -1.82. The molecule has 1 aliphatic heterocycles. The van der Waals surface area contributed by atoms with Crippen LogP contribution in [0.5, 0.6) is 5.75 Å². The van der Waals surface area contributed by atoms with Gasteiger partial charge in [0.2, 0.25) is 5.91 Å². The van der Waals surface area contributed by atoms with E-state index >= 15 is 0 Å². The van der Waals surface area contributed by atoms with Gasteiger partial charge in [-0.05, 0) is 36.8 Å². The van der Waals surface area contributed by atoms with Gasteiger partial charge < -0.3 is 10.1 Å². The number of nitrogens with one attached hydrogen (secondary N) is 1. The van der Waals surface area contributed by atoms with Crippen molar-refractivity contribution in [2.45, 2.75) is 12.2 Å². The molecular weight excluding hydrogens is 250 g/mol. The molecular formula is C12H13N3O2S. The number of thioether (sulfide) groups is 1. The maximum atomic E-state index is 11.2. The maximum absolute atomic E-state index is 11.2. The number of hydrogen-bond acceptors (Lipinski definition) is 5. The van der Waals surface area contributed by atoms with Gasteiger partial charge in [-0.1, -0.05) is 11.8 Å². The summed E-state index contributed by atoms with van der Waals surface area (Å²) in [6, 6.07) is 7.46. The predicted molar refractivity (Wildman–Crippen MR) is 73.2 cm³/mol. The second kappa shape index (κ2) is 5.68. The Labute approximate surface area is 109 Å². The zero-order chi connectivity index (χ0) is 13.0. The molecule has 1 fully saturated rings. The van der Waals surface area contributed by atoms with Crippen LogP contribution in [0.2, 0.25) is 0 Å². The molecule has 1 heterocycles. The first kappa shape index (κ1) is 12.6. The lowest BCUT2D eigenvalue weighted by Crippen LogP contribution is -2.23. The van der Waals surface area contributed by atoms with E-state index in [-0.39, 0.29) is 11.2 Å². The number of carbonyl (C=O) groups excluding carboxylic acids is 1. The Balaban J connectivity index is 1.99. The number of amides is 1. The summed E-state index contributed by atoms with van der Waals surface area (Å²) in [6.07, 6.45) is 1.63. The van der Waals surface area contributed by atoms with Gasteiger partial charge in [-0.25, -0.2) is 0 Å². The highest BCUT2D eigenvalue weighted by atomic mass is 32.2. The minimum Gasteiger partial charge on any atom is -0.497 e. The van der Waals surface area contributed by atoms with Crippen LogP contribution >= 0.6 is 11.8 Å². The van der Waals surface area contributed by atoms with Gasteiger partial charge in [-0.2, -0.15) is 5.10 Å². The summed E-state index contributed by atoms with van der Waals surface area (Å²) in [4.78, 5) is 11.2. The molecule has 1 amide bonds. The molecule has 0 spiro atoms. The molecule has 2 rings (SSSR count). The van der Waals surface area contributed by atoms with Crippen LogP contribution in [0, 0.1) is 0 Å². The van der Waals surface area contributed by atoms with Crippen LogP contribution in [0.25, 0.3) is 0 Å². The molecule has 0 bridgehead atoms. The third-order valence-corrected chi connectivity index (χ3v) is 3.33. The Morgan fingerprint density at radius 3 is 2.67 bits per heavy atom. The zero-order valence-corrected chi connectivity index (χ0v) is 10.9. The van der Waals surface area contributed by atoms with E-state index in [1.165, 1.54) is 11.8 Å². The van der Waals surface area contributed by atoms with Crippen LogP contribution in [-0.4, -0.2) is 29.6 Å². The lowest BCUT2D eigenvalue weighted by molar-refractivity contribution is -0.118. The van der Waals surface area contributed by atoms with Gasteiger partial charge in [0.15, 0.2) is 5.17 Å². The summed E-state index contributed by atoms with van der Waals surface area (Å²) in [5.74, 6) is 0.768. The summed E-state index contributed by atoms with van der Waals surface area (Å²) >= 11 is 1.37. The molecule has 0 aliphatic carbocycles. The van der Waals surface area contributed by atoms with Crippen LogP contribution in [0.1, 0.15) is 12.5 Å². The fourth-order valence-corrected chi connectivity index (χ4v) is 2.10. The molecule has 1 N–H and O–H groups in total. The van der Waals surface area contributed by atoms with E-state index in [1.807, 2.05) is 31.2 Å². The van der Waals surface area contributed by atoms with Crippen molar-refractivity contribution in [2.75, 3.05) is 7.11 Å². The van der Waals surface area contributed by atoms with Crippen molar-refractivity contribution in [1.29, 1.82) is 0 Å². The molecule has 1 aromatic carbocycles. The molecule has 1 atom stereocenters. The summed E-state index contributed by atoms with van der Waals surface area (Å²) < 4.78 is 5.06. The highest BCUT2D eigenvalue weighted by Crippen LogP contribution is 2.18. The van der Waals surface area contributed by atoms with E-state index in [4.69, 9.17) is 4.74 Å². The minimum absolute atomic E-state index is 0.0293. The number of hydrogen-bond donors (Lipinski definition) is 1. The third-order valence-electron chi connectivity index (χ3n) is 2.36. The smallest absolute Gasteiger partial charge is 0.239 e. The molecule has 5 nitrogen and oxygen atoms in total. The van der Waals surface area contributed by atoms with Gasteiger partial charge in [0.1, 0.15) is 5.75 Å². The number of benzene rings is 1. The Kier molecular flexibility index (Phi) is 3.99. The van der Waals surface area contributed by atoms with E-state index < -0.39 is 0 Å². The monoisotopic (exact) mass is 263 g/mol. The van der Waals surface area contributed by atoms with Crippen molar-refractivity contribution in [3.05, 3.63) is 29.8 Å². The third kappa shape index (κ3) is 3.10. The van der Waals surface area contributed by atoms with E-state index in [0.717, 1.165) is 11.3 Å². The van der Waals surface area contributed by atoms with E-state index in [2.05, 4.69) is 15.5 Å². The lowest BCUT2D eigenvalue weighted by Gasteiger charge is -1.98. The largest absolute Gasteiger partial charge is 0.497 e.